The molecule has 0 N–H and O–H groups in total. The number of rotatable bonds is 3. The average molecular weight is 201 g/mol. The minimum absolute atomic E-state index is 1.07. The Labute approximate surface area is 84.8 Å². The highest BCUT2D eigenvalue weighted by Crippen LogP contribution is 2.04. The Hall–Kier alpha value is -0.230. The van der Waals surface area contributed by atoms with Gasteiger partial charge in [0.2, 0.25) is 0 Å². The molecular formula is C10H22N2P. The standard InChI is InChI=1S/C8H16N2.C2H6P/c1-3-4-5-10-7-6-9(2)8-10;1-3-2/h6-7H,3-5,8H2,1-2H3;1-2H3. The molecule has 77 valence electrons. The van der Waals surface area contributed by atoms with Gasteiger partial charge in [0, 0.05) is 26.0 Å². The van der Waals surface area contributed by atoms with Gasteiger partial charge in [0.05, 0.1) is 6.67 Å². The minimum atomic E-state index is 1.07. The van der Waals surface area contributed by atoms with Crippen LogP contribution in [0.25, 0.3) is 0 Å². The predicted octanol–water partition coefficient (Wildman–Crippen LogP) is 2.65. The lowest BCUT2D eigenvalue weighted by Crippen LogP contribution is -2.23. The van der Waals surface area contributed by atoms with Crippen molar-refractivity contribution in [3.05, 3.63) is 12.4 Å². The first-order valence-corrected chi connectivity index (χ1v) is 6.64. The Morgan fingerprint density at radius 1 is 1.31 bits per heavy atom. The van der Waals surface area contributed by atoms with Crippen molar-refractivity contribution in [1.29, 1.82) is 0 Å². The van der Waals surface area contributed by atoms with Gasteiger partial charge in [-0.1, -0.05) is 21.9 Å². The molecule has 0 aromatic rings. The summed E-state index contributed by atoms with van der Waals surface area (Å²) in [7, 11) is 3.52. The SMILES string of the molecule is CCCCN1C=CN(C)C1.C[P]C. The van der Waals surface area contributed by atoms with Crippen molar-refractivity contribution in [3.8, 4) is 0 Å². The molecule has 0 spiro atoms. The van der Waals surface area contributed by atoms with Crippen molar-refractivity contribution in [2.75, 3.05) is 33.6 Å². The van der Waals surface area contributed by atoms with Crippen LogP contribution in [0.3, 0.4) is 0 Å². The second-order valence-corrected chi connectivity index (χ2v) is 4.20. The first-order chi connectivity index (χ1) is 6.24. The van der Waals surface area contributed by atoms with E-state index in [2.05, 4.69) is 49.5 Å². The van der Waals surface area contributed by atoms with Gasteiger partial charge in [0.15, 0.2) is 0 Å². The van der Waals surface area contributed by atoms with Crippen LogP contribution in [0.15, 0.2) is 12.4 Å². The highest BCUT2D eigenvalue weighted by atomic mass is 31.1. The van der Waals surface area contributed by atoms with Crippen LogP contribution in [0.2, 0.25) is 0 Å². The Kier molecular flexibility index (Phi) is 8.22. The molecule has 0 aromatic carbocycles. The summed E-state index contributed by atoms with van der Waals surface area (Å²) in [5.41, 5.74) is 0. The lowest BCUT2D eigenvalue weighted by atomic mass is 10.3. The lowest BCUT2D eigenvalue weighted by molar-refractivity contribution is 0.293. The van der Waals surface area contributed by atoms with Gasteiger partial charge in [-0.3, -0.25) is 0 Å². The minimum Gasteiger partial charge on any atom is -0.362 e. The van der Waals surface area contributed by atoms with E-state index in [0.29, 0.717) is 0 Å². The number of hydrogen-bond donors (Lipinski definition) is 0. The first-order valence-electron chi connectivity index (χ1n) is 4.85. The molecule has 0 atom stereocenters. The monoisotopic (exact) mass is 201 g/mol. The van der Waals surface area contributed by atoms with Gasteiger partial charge in [-0.15, -0.1) is 0 Å². The number of unbranched alkanes of at least 4 members (excludes halogenated alkanes) is 1. The molecular weight excluding hydrogens is 179 g/mol. The topological polar surface area (TPSA) is 6.48 Å². The molecule has 13 heavy (non-hydrogen) atoms. The van der Waals surface area contributed by atoms with Crippen LogP contribution in [0.1, 0.15) is 19.8 Å². The molecule has 0 aromatic heterocycles. The molecule has 1 rings (SSSR count). The maximum Gasteiger partial charge on any atom is 0.0890 e. The molecule has 0 fully saturated rings. The summed E-state index contributed by atoms with van der Waals surface area (Å²) >= 11 is 0. The lowest BCUT2D eigenvalue weighted by Gasteiger charge is -2.17. The van der Waals surface area contributed by atoms with Gasteiger partial charge in [0.1, 0.15) is 0 Å². The average Bonchev–Trinajstić information content (AvgIpc) is 2.49. The van der Waals surface area contributed by atoms with E-state index in [1.165, 1.54) is 28.0 Å². The van der Waals surface area contributed by atoms with Gasteiger partial charge < -0.3 is 9.80 Å². The summed E-state index contributed by atoms with van der Waals surface area (Å²) in [6, 6.07) is 0. The fraction of sp³-hybridized carbons (Fsp3) is 0.800. The zero-order valence-electron chi connectivity index (χ0n) is 9.32. The van der Waals surface area contributed by atoms with Crippen LogP contribution in [0.5, 0.6) is 0 Å². The first kappa shape index (κ1) is 12.8. The molecule has 0 saturated heterocycles. The van der Waals surface area contributed by atoms with Crippen molar-refractivity contribution in [1.82, 2.24) is 9.80 Å². The van der Waals surface area contributed by atoms with Crippen molar-refractivity contribution in [2.24, 2.45) is 0 Å². The summed E-state index contributed by atoms with van der Waals surface area (Å²) in [5, 5.41) is 0. The summed E-state index contributed by atoms with van der Waals surface area (Å²) in [6.07, 6.45) is 6.87. The molecule has 1 aliphatic heterocycles. The van der Waals surface area contributed by atoms with E-state index < -0.39 is 0 Å². The second-order valence-electron chi connectivity index (χ2n) is 3.31. The molecule has 3 heteroatoms. The molecule has 0 saturated carbocycles. The normalized spacial score (nSPS) is 14.5. The quantitative estimate of drug-likeness (QED) is 0.648. The maximum absolute atomic E-state index is 2.34. The molecule has 0 unspecified atom stereocenters. The molecule has 0 aliphatic carbocycles. The van der Waals surface area contributed by atoms with E-state index in [-0.39, 0.29) is 0 Å². The van der Waals surface area contributed by atoms with Crippen LogP contribution in [-0.4, -0.2) is 43.4 Å². The van der Waals surface area contributed by atoms with Crippen molar-refractivity contribution < 1.29 is 0 Å². The molecule has 1 heterocycles. The third-order valence-corrected chi connectivity index (χ3v) is 1.74. The van der Waals surface area contributed by atoms with Crippen molar-refractivity contribution in [3.63, 3.8) is 0 Å². The van der Waals surface area contributed by atoms with Crippen LogP contribution >= 0.6 is 8.58 Å². The smallest absolute Gasteiger partial charge is 0.0890 e. The molecule has 0 amide bonds. The number of hydrogen-bond acceptors (Lipinski definition) is 2. The van der Waals surface area contributed by atoms with Crippen molar-refractivity contribution in [2.45, 2.75) is 19.8 Å². The van der Waals surface area contributed by atoms with Gasteiger partial charge >= 0.3 is 0 Å². The zero-order chi connectivity index (χ0) is 10.1. The molecule has 0 bridgehead atoms. The van der Waals surface area contributed by atoms with Gasteiger partial charge in [-0.2, -0.15) is 0 Å². The van der Waals surface area contributed by atoms with Crippen LogP contribution < -0.4 is 0 Å². The second kappa shape index (κ2) is 8.37. The van der Waals surface area contributed by atoms with E-state index in [9.17, 15) is 0 Å². The molecule has 1 aliphatic rings. The van der Waals surface area contributed by atoms with E-state index in [1.54, 1.807) is 0 Å². The third-order valence-electron chi connectivity index (χ3n) is 1.74. The predicted molar refractivity (Wildman–Crippen MR) is 62.2 cm³/mol. The number of nitrogens with zero attached hydrogens (tertiary/aromatic N) is 2. The summed E-state index contributed by atoms with van der Waals surface area (Å²) in [6.45, 7) is 8.70. The highest BCUT2D eigenvalue weighted by Gasteiger charge is 2.05. The fourth-order valence-electron chi connectivity index (χ4n) is 1.10. The maximum atomic E-state index is 2.34. The van der Waals surface area contributed by atoms with Crippen LogP contribution in [0, 0.1) is 0 Å². The summed E-state index contributed by atoms with van der Waals surface area (Å²) in [4.78, 5) is 4.53. The Balaban J connectivity index is 0.000000424. The zero-order valence-corrected chi connectivity index (χ0v) is 10.2. The Morgan fingerprint density at radius 2 is 1.92 bits per heavy atom. The van der Waals surface area contributed by atoms with Gasteiger partial charge in [-0.25, -0.2) is 0 Å². The van der Waals surface area contributed by atoms with Crippen LogP contribution in [-0.2, 0) is 0 Å². The van der Waals surface area contributed by atoms with E-state index in [4.69, 9.17) is 0 Å². The Bertz CT molecular complexity index is 137. The van der Waals surface area contributed by atoms with Gasteiger partial charge in [-0.05, 0) is 19.8 Å². The van der Waals surface area contributed by atoms with E-state index in [0.717, 1.165) is 6.67 Å². The molecule has 1 radical (unpaired) electrons. The largest absolute Gasteiger partial charge is 0.362 e. The van der Waals surface area contributed by atoms with Gasteiger partial charge in [0.25, 0.3) is 0 Å². The van der Waals surface area contributed by atoms with Crippen LogP contribution in [0.4, 0.5) is 0 Å². The Morgan fingerprint density at radius 3 is 2.31 bits per heavy atom. The van der Waals surface area contributed by atoms with Crippen molar-refractivity contribution >= 4 is 8.58 Å². The summed E-state index contributed by atoms with van der Waals surface area (Å²) < 4.78 is 0. The van der Waals surface area contributed by atoms with E-state index >= 15 is 0 Å². The van der Waals surface area contributed by atoms with E-state index in [1.807, 2.05) is 0 Å². The third kappa shape index (κ3) is 6.89. The fourth-order valence-corrected chi connectivity index (χ4v) is 1.10. The molecule has 2 nitrogen and oxygen atoms in total. The highest BCUT2D eigenvalue weighted by molar-refractivity contribution is 7.35. The summed E-state index contributed by atoms with van der Waals surface area (Å²) in [5.74, 6) is 0.